The lowest BCUT2D eigenvalue weighted by molar-refractivity contribution is 0.403. The molecule has 4 nitrogen and oxygen atoms in total. The van der Waals surface area contributed by atoms with Gasteiger partial charge in [-0.2, -0.15) is 0 Å². The minimum Gasteiger partial charge on any atom is -0.315 e. The molecule has 0 amide bonds. The van der Waals surface area contributed by atoms with Crippen molar-refractivity contribution in [2.75, 3.05) is 0 Å². The van der Waals surface area contributed by atoms with Crippen molar-refractivity contribution in [3.05, 3.63) is 72.1 Å². The van der Waals surface area contributed by atoms with Gasteiger partial charge in [-0.25, -0.2) is 0 Å². The first kappa shape index (κ1) is 14.8. The molecule has 2 aliphatic heterocycles. The number of amidine groups is 1. The SMILES string of the molecule is Cc1cccc(-c2ccccc2C2=CN3C(=NC(C)C3N)C=C2)n1. The van der Waals surface area contributed by atoms with Crippen LogP contribution in [0.2, 0.25) is 0 Å². The average molecular weight is 316 g/mol. The van der Waals surface area contributed by atoms with E-state index in [2.05, 4.69) is 51.4 Å². The number of rotatable bonds is 2. The summed E-state index contributed by atoms with van der Waals surface area (Å²) >= 11 is 0. The van der Waals surface area contributed by atoms with Crippen molar-refractivity contribution < 1.29 is 0 Å². The van der Waals surface area contributed by atoms with Crippen molar-refractivity contribution in [2.45, 2.75) is 26.1 Å². The van der Waals surface area contributed by atoms with Gasteiger partial charge in [-0.1, -0.05) is 30.3 Å². The van der Waals surface area contributed by atoms with Crippen LogP contribution in [-0.4, -0.2) is 27.9 Å². The van der Waals surface area contributed by atoms with Crippen molar-refractivity contribution in [3.63, 3.8) is 0 Å². The second-order valence-electron chi connectivity index (χ2n) is 6.25. The second kappa shape index (κ2) is 5.73. The molecule has 0 bridgehead atoms. The number of benzene rings is 1. The molecule has 0 spiro atoms. The highest BCUT2D eigenvalue weighted by Gasteiger charge is 2.30. The van der Waals surface area contributed by atoms with Gasteiger partial charge >= 0.3 is 0 Å². The molecule has 0 radical (unpaired) electrons. The van der Waals surface area contributed by atoms with Crippen molar-refractivity contribution >= 4 is 11.4 Å². The van der Waals surface area contributed by atoms with Crippen LogP contribution in [0, 0.1) is 6.92 Å². The van der Waals surface area contributed by atoms with E-state index in [-0.39, 0.29) is 12.2 Å². The third kappa shape index (κ3) is 2.45. The number of fused-ring (bicyclic) bond motifs is 1. The quantitative estimate of drug-likeness (QED) is 0.924. The van der Waals surface area contributed by atoms with Gasteiger partial charge in [0.15, 0.2) is 0 Å². The Morgan fingerprint density at radius 3 is 2.58 bits per heavy atom. The highest BCUT2D eigenvalue weighted by molar-refractivity contribution is 6.02. The third-order valence-electron chi connectivity index (χ3n) is 4.51. The zero-order valence-corrected chi connectivity index (χ0v) is 13.8. The van der Waals surface area contributed by atoms with Crippen molar-refractivity contribution in [2.24, 2.45) is 10.7 Å². The minimum atomic E-state index is -0.107. The smallest absolute Gasteiger partial charge is 0.129 e. The zero-order chi connectivity index (χ0) is 16.7. The molecule has 2 unspecified atom stereocenters. The van der Waals surface area contributed by atoms with Gasteiger partial charge in [-0.3, -0.25) is 9.98 Å². The maximum absolute atomic E-state index is 6.26. The summed E-state index contributed by atoms with van der Waals surface area (Å²) in [7, 11) is 0. The molecule has 1 aromatic heterocycles. The lowest BCUT2D eigenvalue weighted by atomic mass is 9.96. The number of nitrogens with zero attached hydrogens (tertiary/aromatic N) is 3. The summed E-state index contributed by atoms with van der Waals surface area (Å²) in [6, 6.07) is 14.6. The van der Waals surface area contributed by atoms with Crippen LogP contribution in [-0.2, 0) is 0 Å². The molecule has 2 atom stereocenters. The Hall–Kier alpha value is -2.72. The van der Waals surface area contributed by atoms with Crippen molar-refractivity contribution in [1.82, 2.24) is 9.88 Å². The van der Waals surface area contributed by atoms with E-state index >= 15 is 0 Å². The van der Waals surface area contributed by atoms with Gasteiger partial charge < -0.3 is 10.6 Å². The van der Waals surface area contributed by atoms with E-state index in [1.165, 1.54) is 0 Å². The molecule has 2 aliphatic rings. The Bertz CT molecular complexity index is 879. The summed E-state index contributed by atoms with van der Waals surface area (Å²) in [5.41, 5.74) is 11.7. The summed E-state index contributed by atoms with van der Waals surface area (Å²) in [4.78, 5) is 11.3. The van der Waals surface area contributed by atoms with Crippen LogP contribution in [0.5, 0.6) is 0 Å². The summed E-state index contributed by atoms with van der Waals surface area (Å²) < 4.78 is 0. The fraction of sp³-hybridized carbons (Fsp3) is 0.200. The number of aromatic nitrogens is 1. The number of nitrogens with two attached hydrogens (primary N) is 1. The number of allylic oxidation sites excluding steroid dienone is 2. The lowest BCUT2D eigenvalue weighted by Crippen LogP contribution is -2.42. The molecule has 3 heterocycles. The Labute approximate surface area is 142 Å². The predicted octanol–water partition coefficient (Wildman–Crippen LogP) is 3.36. The topological polar surface area (TPSA) is 54.5 Å². The van der Waals surface area contributed by atoms with Crippen LogP contribution in [0.4, 0.5) is 0 Å². The summed E-state index contributed by atoms with van der Waals surface area (Å²) in [6.45, 7) is 4.06. The number of pyridine rings is 1. The number of aryl methyl sites for hydroxylation is 1. The fourth-order valence-corrected chi connectivity index (χ4v) is 3.19. The standard InChI is InChI=1S/C20H20N4/c1-13-6-5-9-18(22-13)17-8-4-3-7-16(17)15-10-11-19-23-14(2)20(21)24(19)12-15/h3-12,14,20H,21H2,1-2H3. The zero-order valence-electron chi connectivity index (χ0n) is 13.8. The molecule has 1 aromatic carbocycles. The van der Waals surface area contributed by atoms with Gasteiger partial charge in [0, 0.05) is 17.5 Å². The normalized spacial score (nSPS) is 22.2. The molecule has 2 aromatic rings. The molecule has 0 fully saturated rings. The maximum atomic E-state index is 6.26. The third-order valence-corrected chi connectivity index (χ3v) is 4.51. The van der Waals surface area contributed by atoms with Gasteiger partial charge in [-0.05, 0) is 49.3 Å². The van der Waals surface area contributed by atoms with Gasteiger partial charge in [0.25, 0.3) is 0 Å². The Kier molecular flexibility index (Phi) is 3.54. The molecule has 0 saturated heterocycles. The molecule has 120 valence electrons. The van der Waals surface area contributed by atoms with E-state index in [1.54, 1.807) is 0 Å². The number of aliphatic imine (C=N–C) groups is 1. The van der Waals surface area contributed by atoms with E-state index in [0.29, 0.717) is 0 Å². The van der Waals surface area contributed by atoms with Gasteiger partial charge in [-0.15, -0.1) is 0 Å². The number of hydrogen-bond acceptors (Lipinski definition) is 4. The highest BCUT2D eigenvalue weighted by Crippen LogP contribution is 2.32. The van der Waals surface area contributed by atoms with E-state index in [4.69, 9.17) is 5.73 Å². The van der Waals surface area contributed by atoms with Crippen LogP contribution >= 0.6 is 0 Å². The van der Waals surface area contributed by atoms with E-state index < -0.39 is 0 Å². The Morgan fingerprint density at radius 1 is 1.00 bits per heavy atom. The lowest BCUT2D eigenvalue weighted by Gasteiger charge is -2.25. The molecule has 0 saturated carbocycles. The Balaban J connectivity index is 1.79. The monoisotopic (exact) mass is 316 g/mol. The fourth-order valence-electron chi connectivity index (χ4n) is 3.19. The second-order valence-corrected chi connectivity index (χ2v) is 6.25. The highest BCUT2D eigenvalue weighted by atomic mass is 15.3. The van der Waals surface area contributed by atoms with E-state index in [1.807, 2.05) is 38.1 Å². The Morgan fingerprint density at radius 2 is 1.79 bits per heavy atom. The minimum absolute atomic E-state index is 0.105. The van der Waals surface area contributed by atoms with Crippen LogP contribution < -0.4 is 5.73 Å². The molecule has 2 N–H and O–H groups in total. The van der Waals surface area contributed by atoms with Gasteiger partial charge in [0.2, 0.25) is 0 Å². The first-order chi connectivity index (χ1) is 11.6. The summed E-state index contributed by atoms with van der Waals surface area (Å²) in [5, 5.41) is 0. The van der Waals surface area contributed by atoms with E-state index in [9.17, 15) is 0 Å². The molecular formula is C20H20N4. The van der Waals surface area contributed by atoms with Gasteiger partial charge in [0.1, 0.15) is 12.0 Å². The van der Waals surface area contributed by atoms with Crippen molar-refractivity contribution in [3.8, 4) is 11.3 Å². The van der Waals surface area contributed by atoms with Crippen LogP contribution in [0.25, 0.3) is 16.8 Å². The van der Waals surface area contributed by atoms with Gasteiger partial charge in [0.05, 0.1) is 11.7 Å². The molecule has 0 aliphatic carbocycles. The maximum Gasteiger partial charge on any atom is 0.129 e. The molecular weight excluding hydrogens is 296 g/mol. The van der Waals surface area contributed by atoms with Crippen LogP contribution in [0.15, 0.2) is 65.8 Å². The summed E-state index contributed by atoms with van der Waals surface area (Å²) in [6.07, 6.45) is 6.14. The van der Waals surface area contributed by atoms with Crippen LogP contribution in [0.3, 0.4) is 0 Å². The first-order valence-corrected chi connectivity index (χ1v) is 8.18. The van der Waals surface area contributed by atoms with Crippen molar-refractivity contribution in [1.29, 1.82) is 0 Å². The molecule has 4 heteroatoms. The molecule has 24 heavy (non-hydrogen) atoms. The number of hydrogen-bond donors (Lipinski definition) is 1. The van der Waals surface area contributed by atoms with Crippen LogP contribution in [0.1, 0.15) is 18.2 Å². The summed E-state index contributed by atoms with van der Waals surface area (Å²) in [5.74, 6) is 0.935. The predicted molar refractivity (Wildman–Crippen MR) is 98.2 cm³/mol. The van der Waals surface area contributed by atoms with E-state index in [0.717, 1.165) is 33.9 Å². The average Bonchev–Trinajstić information content (AvgIpc) is 2.89. The largest absolute Gasteiger partial charge is 0.315 e. The molecule has 4 rings (SSSR count). The first-order valence-electron chi connectivity index (χ1n) is 8.18.